The van der Waals surface area contributed by atoms with Gasteiger partial charge in [0.1, 0.15) is 0 Å². The predicted octanol–water partition coefficient (Wildman–Crippen LogP) is -0.0868. The lowest BCUT2D eigenvalue weighted by Crippen LogP contribution is -3.00. The van der Waals surface area contributed by atoms with Crippen LogP contribution >= 0.6 is 0 Å². The van der Waals surface area contributed by atoms with Crippen molar-refractivity contribution in [1.82, 2.24) is 0 Å². The van der Waals surface area contributed by atoms with Gasteiger partial charge < -0.3 is 12.4 Å². The van der Waals surface area contributed by atoms with E-state index in [0.717, 1.165) is 5.75 Å². The minimum absolute atomic E-state index is 0. The fraction of sp³-hybridized carbons (Fsp3) is 0.333. The molecule has 0 saturated carbocycles. The van der Waals surface area contributed by atoms with E-state index in [1.54, 1.807) is 0 Å². The molecule has 0 spiro atoms. The zero-order valence-corrected chi connectivity index (χ0v) is 10.7. The van der Waals surface area contributed by atoms with Gasteiger partial charge in [0.15, 0.2) is 0 Å². The molecule has 0 N–H and O–H groups in total. The molecular weight excluding hydrogens is 212 g/mol. The average Bonchev–Trinajstić information content (AvgIpc) is 2.05. The third-order valence-corrected chi connectivity index (χ3v) is 4.75. The van der Waals surface area contributed by atoms with Gasteiger partial charge in [0.2, 0.25) is 0 Å². The van der Waals surface area contributed by atoms with Gasteiger partial charge in [-0.3, -0.25) is 0 Å². The van der Waals surface area contributed by atoms with E-state index in [9.17, 15) is 0 Å². The summed E-state index contributed by atoms with van der Waals surface area (Å²) in [5.74, 6) is 1.14. The summed E-state index contributed by atoms with van der Waals surface area (Å²) in [6, 6.07) is 10.6. The minimum atomic E-state index is -1.38. The summed E-state index contributed by atoms with van der Waals surface area (Å²) in [4.78, 5) is 0. The highest BCUT2D eigenvalue weighted by atomic mass is 35.5. The van der Waals surface area contributed by atoms with Crippen LogP contribution in [0.25, 0.3) is 0 Å². The van der Waals surface area contributed by atoms with Crippen molar-refractivity contribution in [3.05, 3.63) is 47.9 Å². The van der Waals surface area contributed by atoms with Gasteiger partial charge in [-0.25, -0.2) is 9.16 Å². The Labute approximate surface area is 94.1 Å². The van der Waals surface area contributed by atoms with E-state index in [-0.39, 0.29) is 12.4 Å². The van der Waals surface area contributed by atoms with Crippen molar-refractivity contribution in [1.29, 1.82) is 0 Å². The SMILES string of the molecule is C=C[S+](C)(C)(C)Cc1ccccc1.[Cl-]. The molecule has 1 aromatic rings. The van der Waals surface area contributed by atoms with Crippen molar-refractivity contribution in [3.8, 4) is 0 Å². The number of hydrogen-bond acceptors (Lipinski definition) is 0. The Hall–Kier alpha value is -0.400. The smallest absolute Gasteiger partial charge is 0.0698 e. The molecule has 0 nitrogen and oxygen atoms in total. The van der Waals surface area contributed by atoms with Crippen LogP contribution in [0, 0.1) is 0 Å². The van der Waals surface area contributed by atoms with E-state index >= 15 is 0 Å². The molecule has 0 bridgehead atoms. The molecule has 0 fully saturated rings. The van der Waals surface area contributed by atoms with Crippen LogP contribution in [0.15, 0.2) is 42.3 Å². The Morgan fingerprint density at radius 1 is 1.14 bits per heavy atom. The summed E-state index contributed by atoms with van der Waals surface area (Å²) >= 11 is 0. The van der Waals surface area contributed by atoms with Crippen LogP contribution in [-0.2, 0) is 14.9 Å². The Bertz CT molecular complexity index is 295. The van der Waals surface area contributed by atoms with E-state index in [0.29, 0.717) is 0 Å². The highest BCUT2D eigenvalue weighted by molar-refractivity contribution is 8.30. The first kappa shape index (κ1) is 13.6. The van der Waals surface area contributed by atoms with Crippen LogP contribution in [0.1, 0.15) is 5.56 Å². The van der Waals surface area contributed by atoms with Crippen LogP contribution in [0.3, 0.4) is 0 Å². The molecule has 0 unspecified atom stereocenters. The second-order valence-corrected chi connectivity index (χ2v) is 11.3. The summed E-state index contributed by atoms with van der Waals surface area (Å²) in [7, 11) is -1.38. The Kier molecular flexibility index (Phi) is 4.29. The first-order valence-corrected chi connectivity index (χ1v) is 7.92. The first-order valence-electron chi connectivity index (χ1n) is 4.42. The maximum Gasteiger partial charge on any atom is 0.0698 e. The molecule has 0 aliphatic carbocycles. The van der Waals surface area contributed by atoms with Crippen LogP contribution in [-0.4, -0.2) is 18.8 Å². The molecule has 0 aromatic heterocycles. The molecule has 14 heavy (non-hydrogen) atoms. The van der Waals surface area contributed by atoms with Crippen molar-refractivity contribution in [3.63, 3.8) is 0 Å². The zero-order valence-electron chi connectivity index (χ0n) is 9.16. The molecule has 0 aliphatic heterocycles. The van der Waals surface area contributed by atoms with Gasteiger partial charge in [-0.1, -0.05) is 36.9 Å². The normalized spacial score (nSPS) is 13.5. The molecule has 0 radical (unpaired) electrons. The summed E-state index contributed by atoms with van der Waals surface area (Å²) < 4.78 is 0. The highest BCUT2D eigenvalue weighted by Crippen LogP contribution is 2.32. The molecule has 2 heteroatoms. The standard InChI is InChI=1S/C12H19S.ClH/c1-5-13(2,3,4)11-12-9-7-6-8-10-12;/h5-10H,1,11H2,2-4H3;1H/q+1;/p-1. The molecule has 0 heterocycles. The lowest BCUT2D eigenvalue weighted by Gasteiger charge is -2.41. The molecule has 0 atom stereocenters. The van der Waals surface area contributed by atoms with Crippen molar-refractivity contribution >= 4 is 9.16 Å². The Balaban J connectivity index is 0.00000169. The highest BCUT2D eigenvalue weighted by Gasteiger charge is 2.27. The second kappa shape index (κ2) is 4.41. The third kappa shape index (κ3) is 4.21. The molecule has 0 amide bonds. The van der Waals surface area contributed by atoms with E-state index in [4.69, 9.17) is 0 Å². The van der Waals surface area contributed by atoms with Crippen molar-refractivity contribution in [2.24, 2.45) is 0 Å². The van der Waals surface area contributed by atoms with Gasteiger partial charge in [-0.05, 0) is 5.56 Å². The first-order chi connectivity index (χ1) is 5.91. The molecule has 80 valence electrons. The summed E-state index contributed by atoms with van der Waals surface area (Å²) in [5, 5.41) is 2.14. The summed E-state index contributed by atoms with van der Waals surface area (Å²) in [5.41, 5.74) is 1.41. The molecular formula is C12H19ClS. The van der Waals surface area contributed by atoms with Crippen LogP contribution in [0.5, 0.6) is 0 Å². The van der Waals surface area contributed by atoms with Gasteiger partial charge >= 0.3 is 0 Å². The Morgan fingerprint density at radius 3 is 2.07 bits per heavy atom. The van der Waals surface area contributed by atoms with Gasteiger partial charge in [0.25, 0.3) is 0 Å². The summed E-state index contributed by atoms with van der Waals surface area (Å²) in [6.07, 6.45) is 6.99. The van der Waals surface area contributed by atoms with Crippen molar-refractivity contribution in [2.45, 2.75) is 5.75 Å². The Morgan fingerprint density at radius 2 is 1.64 bits per heavy atom. The number of benzene rings is 1. The fourth-order valence-electron chi connectivity index (χ4n) is 1.23. The second-order valence-electron chi connectivity index (χ2n) is 4.76. The molecule has 0 aliphatic rings. The molecule has 1 rings (SSSR count). The molecule has 0 saturated heterocycles. The lowest BCUT2D eigenvalue weighted by atomic mass is 10.2. The maximum atomic E-state index is 3.95. The van der Waals surface area contributed by atoms with E-state index < -0.39 is 9.16 Å². The topological polar surface area (TPSA) is 0 Å². The van der Waals surface area contributed by atoms with Crippen LogP contribution in [0.2, 0.25) is 0 Å². The van der Waals surface area contributed by atoms with Gasteiger partial charge in [-0.15, -0.1) is 0 Å². The van der Waals surface area contributed by atoms with Crippen molar-refractivity contribution < 1.29 is 12.4 Å². The quantitative estimate of drug-likeness (QED) is 0.637. The van der Waals surface area contributed by atoms with Crippen LogP contribution in [0.4, 0.5) is 0 Å². The maximum absolute atomic E-state index is 3.95. The lowest BCUT2D eigenvalue weighted by molar-refractivity contribution is -0.00000314. The van der Waals surface area contributed by atoms with Gasteiger partial charge in [-0.2, -0.15) is 0 Å². The van der Waals surface area contributed by atoms with Crippen LogP contribution < -0.4 is 12.4 Å². The third-order valence-electron chi connectivity index (χ3n) is 2.14. The van der Waals surface area contributed by atoms with Gasteiger partial charge in [0.05, 0.1) is 5.75 Å². The monoisotopic (exact) mass is 230 g/mol. The van der Waals surface area contributed by atoms with E-state index in [1.807, 2.05) is 0 Å². The fourth-order valence-corrected chi connectivity index (χ4v) is 2.73. The van der Waals surface area contributed by atoms with E-state index in [1.165, 1.54) is 5.56 Å². The number of rotatable bonds is 3. The van der Waals surface area contributed by atoms with Gasteiger partial charge in [0, 0.05) is 24.2 Å². The van der Waals surface area contributed by atoms with Crippen molar-refractivity contribution in [2.75, 3.05) is 18.8 Å². The zero-order chi connectivity index (χ0) is 9.97. The van der Waals surface area contributed by atoms with E-state index in [2.05, 4.69) is 61.1 Å². The average molecular weight is 231 g/mol. The largest absolute Gasteiger partial charge is 1.00 e. The minimum Gasteiger partial charge on any atom is -1.00 e. The summed E-state index contributed by atoms with van der Waals surface area (Å²) in [6.45, 7) is 3.95. The number of halogens is 1. The predicted molar refractivity (Wildman–Crippen MR) is 65.5 cm³/mol. The number of hydrogen-bond donors (Lipinski definition) is 0. The molecule has 1 aromatic carbocycles.